The van der Waals surface area contributed by atoms with E-state index in [1.54, 1.807) is 6.20 Å². The van der Waals surface area contributed by atoms with E-state index in [1.807, 2.05) is 24.4 Å². The first-order chi connectivity index (χ1) is 12.2. The summed E-state index contributed by atoms with van der Waals surface area (Å²) >= 11 is 0. The molecule has 25 heavy (non-hydrogen) atoms. The van der Waals surface area contributed by atoms with Crippen molar-refractivity contribution in [1.82, 2.24) is 14.9 Å². The van der Waals surface area contributed by atoms with E-state index in [0.717, 1.165) is 44.0 Å². The summed E-state index contributed by atoms with van der Waals surface area (Å²) in [5, 5.41) is 12.9. The molecule has 2 aromatic rings. The zero-order chi connectivity index (χ0) is 17.6. The van der Waals surface area contributed by atoms with Crippen molar-refractivity contribution >= 4 is 5.82 Å². The highest BCUT2D eigenvalue weighted by Gasteiger charge is 2.21. The minimum Gasteiger partial charge on any atom is -0.365 e. The second kappa shape index (κ2) is 8.09. The minimum absolute atomic E-state index is 0.312. The van der Waals surface area contributed by atoms with Gasteiger partial charge in [0, 0.05) is 37.2 Å². The number of likely N-dealkylation sites (tertiary alicyclic amines) is 1. The van der Waals surface area contributed by atoms with Crippen molar-refractivity contribution in [2.45, 2.75) is 45.2 Å². The zero-order valence-corrected chi connectivity index (χ0v) is 14.9. The maximum absolute atomic E-state index is 9.38. The Bertz CT molecular complexity index is 735. The fraction of sp³-hybridized carbons (Fsp3) is 0.450. The summed E-state index contributed by atoms with van der Waals surface area (Å²) in [6, 6.07) is 10.5. The molecule has 0 spiro atoms. The minimum atomic E-state index is 0.312. The molecule has 5 heteroatoms. The molecular formula is C20H25N5. The molecule has 1 aliphatic heterocycles. The van der Waals surface area contributed by atoms with E-state index in [2.05, 4.69) is 46.2 Å². The molecule has 1 atom stereocenters. The number of hydrogen-bond donors (Lipinski definition) is 1. The Morgan fingerprint density at radius 1 is 1.36 bits per heavy atom. The van der Waals surface area contributed by atoms with E-state index in [1.165, 1.54) is 5.56 Å². The van der Waals surface area contributed by atoms with Crippen molar-refractivity contribution in [2.24, 2.45) is 0 Å². The van der Waals surface area contributed by atoms with Crippen LogP contribution in [-0.2, 0) is 6.54 Å². The summed E-state index contributed by atoms with van der Waals surface area (Å²) < 4.78 is 0. The van der Waals surface area contributed by atoms with Gasteiger partial charge in [0.15, 0.2) is 0 Å². The Labute approximate surface area is 149 Å². The standard InChI is InChI=1S/C20H25N5/c1-15(2)19-8-7-17(11-21)20(24-19)23-18-6-4-10-25(14-18)13-16-5-3-9-22-12-16/h3,5,7-9,12,15,18H,4,6,10,13-14H2,1-2H3,(H,23,24)/t18-/m1/s1. The molecular weight excluding hydrogens is 310 g/mol. The summed E-state index contributed by atoms with van der Waals surface area (Å²) in [5.41, 5.74) is 2.87. The summed E-state index contributed by atoms with van der Waals surface area (Å²) in [5.74, 6) is 1.07. The molecule has 0 bridgehead atoms. The first-order valence-corrected chi connectivity index (χ1v) is 8.94. The normalized spacial score (nSPS) is 18.1. The van der Waals surface area contributed by atoms with Crippen molar-refractivity contribution < 1.29 is 0 Å². The lowest BCUT2D eigenvalue weighted by atomic mass is 10.0. The van der Waals surface area contributed by atoms with Crippen LogP contribution in [-0.4, -0.2) is 34.0 Å². The van der Waals surface area contributed by atoms with Gasteiger partial charge in [0.2, 0.25) is 0 Å². The summed E-state index contributed by atoms with van der Waals surface area (Å²) in [6.45, 7) is 7.20. The molecule has 5 nitrogen and oxygen atoms in total. The fourth-order valence-corrected chi connectivity index (χ4v) is 3.26. The Hall–Kier alpha value is -2.45. The number of nitrogens with one attached hydrogen (secondary N) is 1. The molecule has 0 amide bonds. The molecule has 1 fully saturated rings. The molecule has 0 aromatic carbocycles. The van der Waals surface area contributed by atoms with Crippen LogP contribution < -0.4 is 5.32 Å². The highest BCUT2D eigenvalue weighted by Crippen LogP contribution is 2.22. The number of pyridine rings is 2. The van der Waals surface area contributed by atoms with Crippen LogP contribution in [0, 0.1) is 11.3 Å². The fourth-order valence-electron chi connectivity index (χ4n) is 3.26. The van der Waals surface area contributed by atoms with Crippen LogP contribution in [0.1, 0.15) is 49.4 Å². The number of nitriles is 1. The van der Waals surface area contributed by atoms with E-state index in [-0.39, 0.29) is 0 Å². The third-order valence-corrected chi connectivity index (χ3v) is 4.60. The molecule has 3 rings (SSSR count). The van der Waals surface area contributed by atoms with Crippen molar-refractivity contribution in [3.63, 3.8) is 0 Å². The number of rotatable bonds is 5. The number of aromatic nitrogens is 2. The molecule has 3 heterocycles. The molecule has 1 saturated heterocycles. The van der Waals surface area contributed by atoms with Gasteiger partial charge in [-0.2, -0.15) is 5.26 Å². The maximum atomic E-state index is 9.38. The van der Waals surface area contributed by atoms with Crippen molar-refractivity contribution in [3.8, 4) is 6.07 Å². The first-order valence-electron chi connectivity index (χ1n) is 8.94. The van der Waals surface area contributed by atoms with E-state index in [9.17, 15) is 5.26 Å². The lowest BCUT2D eigenvalue weighted by Gasteiger charge is -2.33. The van der Waals surface area contributed by atoms with Gasteiger partial charge in [-0.15, -0.1) is 0 Å². The van der Waals surface area contributed by atoms with E-state index in [0.29, 0.717) is 17.5 Å². The number of nitrogens with zero attached hydrogens (tertiary/aromatic N) is 4. The van der Waals surface area contributed by atoms with Gasteiger partial charge in [-0.3, -0.25) is 9.88 Å². The van der Waals surface area contributed by atoms with Crippen LogP contribution in [0.25, 0.3) is 0 Å². The van der Waals surface area contributed by atoms with Crippen LogP contribution >= 0.6 is 0 Å². The third-order valence-electron chi connectivity index (χ3n) is 4.60. The van der Waals surface area contributed by atoms with Gasteiger partial charge in [-0.25, -0.2) is 4.98 Å². The molecule has 1 aliphatic rings. The molecule has 0 unspecified atom stereocenters. The van der Waals surface area contributed by atoms with Crippen molar-refractivity contribution in [3.05, 3.63) is 53.5 Å². The summed E-state index contributed by atoms with van der Waals surface area (Å²) in [4.78, 5) is 11.3. The highest BCUT2D eigenvalue weighted by molar-refractivity contribution is 5.53. The summed E-state index contributed by atoms with van der Waals surface area (Å²) in [6.07, 6.45) is 5.98. The van der Waals surface area contributed by atoms with Crippen LogP contribution in [0.4, 0.5) is 5.82 Å². The van der Waals surface area contributed by atoms with Gasteiger partial charge in [0.1, 0.15) is 11.9 Å². The zero-order valence-electron chi connectivity index (χ0n) is 14.9. The first kappa shape index (κ1) is 17.4. The maximum Gasteiger partial charge on any atom is 0.144 e. The molecule has 0 aliphatic carbocycles. The average Bonchev–Trinajstić information content (AvgIpc) is 2.63. The van der Waals surface area contributed by atoms with E-state index >= 15 is 0 Å². The molecule has 0 radical (unpaired) electrons. The Morgan fingerprint density at radius 2 is 2.24 bits per heavy atom. The molecule has 0 saturated carbocycles. The highest BCUT2D eigenvalue weighted by atomic mass is 15.2. The lowest BCUT2D eigenvalue weighted by molar-refractivity contribution is 0.208. The van der Waals surface area contributed by atoms with Crippen molar-refractivity contribution in [2.75, 3.05) is 18.4 Å². The Balaban J connectivity index is 1.68. The van der Waals surface area contributed by atoms with Crippen LogP contribution in [0.2, 0.25) is 0 Å². The van der Waals surface area contributed by atoms with Gasteiger partial charge < -0.3 is 5.32 Å². The monoisotopic (exact) mass is 335 g/mol. The molecule has 130 valence electrons. The average molecular weight is 335 g/mol. The van der Waals surface area contributed by atoms with Crippen molar-refractivity contribution in [1.29, 1.82) is 5.26 Å². The predicted octanol–water partition coefficient (Wildman–Crippen LogP) is 3.55. The van der Waals surface area contributed by atoms with Gasteiger partial charge >= 0.3 is 0 Å². The smallest absolute Gasteiger partial charge is 0.144 e. The SMILES string of the molecule is CC(C)c1ccc(C#N)c(N[C@@H]2CCCN(Cc3cccnc3)C2)n1. The number of anilines is 1. The molecule has 2 aromatic heterocycles. The summed E-state index contributed by atoms with van der Waals surface area (Å²) in [7, 11) is 0. The predicted molar refractivity (Wildman–Crippen MR) is 99.2 cm³/mol. The topological polar surface area (TPSA) is 64.8 Å². The van der Waals surface area contributed by atoms with Crippen LogP contribution in [0.5, 0.6) is 0 Å². The Morgan fingerprint density at radius 3 is 2.96 bits per heavy atom. The number of hydrogen-bond acceptors (Lipinski definition) is 5. The molecule has 1 N–H and O–H groups in total. The second-order valence-electron chi connectivity index (χ2n) is 6.98. The van der Waals surface area contributed by atoms with Gasteiger partial charge in [0.05, 0.1) is 5.56 Å². The largest absolute Gasteiger partial charge is 0.365 e. The lowest BCUT2D eigenvalue weighted by Crippen LogP contribution is -2.41. The van der Waals surface area contributed by atoms with Gasteiger partial charge in [-0.05, 0) is 49.1 Å². The quantitative estimate of drug-likeness (QED) is 0.905. The van der Waals surface area contributed by atoms with Gasteiger partial charge in [-0.1, -0.05) is 19.9 Å². The van der Waals surface area contributed by atoms with Gasteiger partial charge in [0.25, 0.3) is 0 Å². The van der Waals surface area contributed by atoms with E-state index < -0.39 is 0 Å². The second-order valence-corrected chi connectivity index (χ2v) is 6.98. The Kier molecular flexibility index (Phi) is 5.62. The van der Waals surface area contributed by atoms with Crippen LogP contribution in [0.15, 0.2) is 36.7 Å². The van der Waals surface area contributed by atoms with Crippen LogP contribution in [0.3, 0.4) is 0 Å². The van der Waals surface area contributed by atoms with E-state index in [4.69, 9.17) is 0 Å². The number of piperidine rings is 1. The third kappa shape index (κ3) is 4.55.